The summed E-state index contributed by atoms with van der Waals surface area (Å²) in [5.41, 5.74) is 0.917. The van der Waals surface area contributed by atoms with E-state index in [1.807, 2.05) is 0 Å². The number of rotatable bonds is 5. The molecule has 0 N–H and O–H groups in total. The van der Waals surface area contributed by atoms with Crippen molar-refractivity contribution in [3.63, 3.8) is 0 Å². The molecule has 0 spiro atoms. The van der Waals surface area contributed by atoms with Crippen LogP contribution >= 0.6 is 0 Å². The second kappa shape index (κ2) is 7.18. The molecule has 5 amide bonds. The number of hydrogen-bond donors (Lipinski definition) is 0. The third-order valence-electron chi connectivity index (χ3n) is 5.63. The van der Waals surface area contributed by atoms with Crippen LogP contribution in [0.15, 0.2) is 24.3 Å². The van der Waals surface area contributed by atoms with Crippen LogP contribution in [0.4, 0.5) is 10.5 Å². The number of benzene rings is 1. The Bertz CT molecular complexity index is 874. The fourth-order valence-electron chi connectivity index (χ4n) is 4.15. The molecule has 28 heavy (non-hydrogen) atoms. The van der Waals surface area contributed by atoms with E-state index in [-0.39, 0.29) is 11.9 Å². The Morgan fingerprint density at radius 3 is 2.43 bits per heavy atom. The van der Waals surface area contributed by atoms with Crippen molar-refractivity contribution in [2.75, 3.05) is 18.0 Å². The van der Waals surface area contributed by atoms with E-state index in [9.17, 15) is 24.0 Å². The van der Waals surface area contributed by atoms with Gasteiger partial charge in [0.05, 0.1) is 6.54 Å². The highest BCUT2D eigenvalue weighted by molar-refractivity contribution is 6.45. The maximum Gasteiger partial charge on any atom is 0.334 e. The molecule has 4 rings (SSSR count). The number of anilines is 1. The molecule has 8 heteroatoms. The average molecular weight is 383 g/mol. The largest absolute Gasteiger partial charge is 0.334 e. The van der Waals surface area contributed by atoms with E-state index < -0.39 is 30.2 Å². The number of hydrogen-bond acceptors (Lipinski definition) is 5. The van der Waals surface area contributed by atoms with Crippen LogP contribution in [0.2, 0.25) is 0 Å². The van der Waals surface area contributed by atoms with Gasteiger partial charge in [-0.1, -0.05) is 25.0 Å². The first-order chi connectivity index (χ1) is 13.5. The molecule has 2 aliphatic heterocycles. The van der Waals surface area contributed by atoms with Crippen LogP contribution in [0.3, 0.4) is 0 Å². The number of nitrogens with zero attached hydrogens (tertiary/aromatic N) is 3. The normalized spacial score (nSPS) is 20.8. The summed E-state index contributed by atoms with van der Waals surface area (Å²) in [6.45, 7) is 0.119. The number of imide groups is 2. The van der Waals surface area contributed by atoms with E-state index in [1.54, 1.807) is 29.2 Å². The smallest absolute Gasteiger partial charge is 0.312 e. The Balaban J connectivity index is 1.50. The molecule has 146 valence electrons. The van der Waals surface area contributed by atoms with Gasteiger partial charge in [-0.2, -0.15) is 0 Å². The number of ketones is 1. The summed E-state index contributed by atoms with van der Waals surface area (Å²) in [7, 11) is 0. The average Bonchev–Trinajstić information content (AvgIpc) is 3.40. The fourth-order valence-corrected chi connectivity index (χ4v) is 4.15. The summed E-state index contributed by atoms with van der Waals surface area (Å²) < 4.78 is 0. The van der Waals surface area contributed by atoms with Gasteiger partial charge in [0.25, 0.3) is 0 Å². The summed E-state index contributed by atoms with van der Waals surface area (Å²) in [5.74, 6) is -2.24. The summed E-state index contributed by atoms with van der Waals surface area (Å²) in [6, 6.07) is 5.62. The van der Waals surface area contributed by atoms with E-state index in [0.717, 1.165) is 29.1 Å². The predicted octanol–water partition coefficient (Wildman–Crippen LogP) is 1.73. The monoisotopic (exact) mass is 383 g/mol. The third-order valence-corrected chi connectivity index (χ3v) is 5.63. The molecule has 0 atom stereocenters. The topological polar surface area (TPSA) is 95.1 Å². The van der Waals surface area contributed by atoms with E-state index in [0.29, 0.717) is 37.1 Å². The molecule has 1 aromatic carbocycles. The minimum Gasteiger partial charge on any atom is -0.312 e. The first-order valence-electron chi connectivity index (χ1n) is 9.60. The molecule has 0 bridgehead atoms. The van der Waals surface area contributed by atoms with Crippen LogP contribution in [0.25, 0.3) is 0 Å². The molecule has 0 unspecified atom stereocenters. The van der Waals surface area contributed by atoms with Crippen molar-refractivity contribution in [1.82, 2.24) is 9.80 Å². The van der Waals surface area contributed by atoms with Gasteiger partial charge in [0, 0.05) is 30.3 Å². The number of carbonyl (C=O) groups is 5. The van der Waals surface area contributed by atoms with Crippen molar-refractivity contribution >= 4 is 35.2 Å². The molecule has 1 aliphatic carbocycles. The van der Waals surface area contributed by atoms with Gasteiger partial charge in [-0.15, -0.1) is 0 Å². The van der Waals surface area contributed by atoms with Crippen LogP contribution < -0.4 is 4.90 Å². The first kappa shape index (κ1) is 18.3. The van der Waals surface area contributed by atoms with Gasteiger partial charge in [-0.25, -0.2) is 9.69 Å². The minimum atomic E-state index is -0.948. The number of Topliss-reactive ketones (excluding diaryl/α,β-unsaturated/α-hetero) is 1. The van der Waals surface area contributed by atoms with Crippen molar-refractivity contribution in [2.24, 2.45) is 0 Å². The molecule has 1 aromatic rings. The van der Waals surface area contributed by atoms with Crippen molar-refractivity contribution in [1.29, 1.82) is 0 Å². The first-order valence-corrected chi connectivity index (χ1v) is 9.60. The lowest BCUT2D eigenvalue weighted by Crippen LogP contribution is -2.41. The number of amides is 5. The molecule has 0 radical (unpaired) electrons. The molecule has 3 aliphatic rings. The Labute approximate surface area is 162 Å². The van der Waals surface area contributed by atoms with Gasteiger partial charge in [0.2, 0.25) is 5.91 Å². The molecule has 0 aromatic heterocycles. The molecule has 2 saturated heterocycles. The zero-order chi connectivity index (χ0) is 19.8. The molecular formula is C20H21N3O5. The number of carbonyl (C=O) groups excluding carboxylic acids is 5. The van der Waals surface area contributed by atoms with E-state index in [4.69, 9.17) is 0 Å². The van der Waals surface area contributed by atoms with Gasteiger partial charge >= 0.3 is 17.8 Å². The second-order valence-electron chi connectivity index (χ2n) is 7.41. The summed E-state index contributed by atoms with van der Waals surface area (Å²) in [5, 5.41) is 0. The van der Waals surface area contributed by atoms with Crippen molar-refractivity contribution in [2.45, 2.75) is 44.6 Å². The standard InChI is InChI=1S/C20H21N3O5/c24-16(13-5-3-8-15(11-13)21-10-4-9-17(21)25)12-22-18(26)19(27)23(20(22)28)14-6-1-2-7-14/h3,5,8,11,14H,1-2,4,6-7,9-10,12H2. The van der Waals surface area contributed by atoms with Gasteiger partial charge < -0.3 is 4.90 Å². The summed E-state index contributed by atoms with van der Waals surface area (Å²) >= 11 is 0. The van der Waals surface area contributed by atoms with Gasteiger partial charge in [-0.3, -0.25) is 24.1 Å². The Morgan fingerprint density at radius 1 is 1.00 bits per heavy atom. The lowest BCUT2D eigenvalue weighted by molar-refractivity contribution is -0.143. The van der Waals surface area contributed by atoms with Gasteiger partial charge in [0.1, 0.15) is 0 Å². The fraction of sp³-hybridized carbons (Fsp3) is 0.450. The van der Waals surface area contributed by atoms with Crippen LogP contribution in [0, 0.1) is 0 Å². The molecule has 3 fully saturated rings. The number of urea groups is 1. The third kappa shape index (κ3) is 3.08. The Kier molecular flexibility index (Phi) is 4.70. The zero-order valence-corrected chi connectivity index (χ0v) is 15.4. The maximum atomic E-state index is 12.7. The van der Waals surface area contributed by atoms with E-state index in [2.05, 4.69) is 0 Å². The zero-order valence-electron chi connectivity index (χ0n) is 15.4. The Hall–Kier alpha value is -3.03. The van der Waals surface area contributed by atoms with E-state index in [1.165, 1.54) is 0 Å². The highest BCUT2D eigenvalue weighted by atomic mass is 16.2. The maximum absolute atomic E-state index is 12.7. The quantitative estimate of drug-likeness (QED) is 0.438. The highest BCUT2D eigenvalue weighted by Gasteiger charge is 2.48. The molecule has 2 heterocycles. The van der Waals surface area contributed by atoms with Crippen LogP contribution in [0.5, 0.6) is 0 Å². The lowest BCUT2D eigenvalue weighted by atomic mass is 10.1. The van der Waals surface area contributed by atoms with Gasteiger partial charge in [0.15, 0.2) is 5.78 Å². The van der Waals surface area contributed by atoms with Crippen molar-refractivity contribution < 1.29 is 24.0 Å². The van der Waals surface area contributed by atoms with Crippen LogP contribution in [0.1, 0.15) is 48.9 Å². The van der Waals surface area contributed by atoms with Crippen molar-refractivity contribution in [3.8, 4) is 0 Å². The van der Waals surface area contributed by atoms with Crippen LogP contribution in [-0.2, 0) is 14.4 Å². The lowest BCUT2D eigenvalue weighted by Gasteiger charge is -2.21. The SMILES string of the molecule is O=C(CN1C(=O)C(=O)N(C2CCCC2)C1=O)c1cccc(N2CCCC2=O)c1. The van der Waals surface area contributed by atoms with Crippen LogP contribution in [-0.4, -0.2) is 58.5 Å². The summed E-state index contributed by atoms with van der Waals surface area (Å²) in [4.78, 5) is 65.1. The van der Waals surface area contributed by atoms with E-state index >= 15 is 0 Å². The minimum absolute atomic E-state index is 0.00676. The van der Waals surface area contributed by atoms with Gasteiger partial charge in [-0.05, 0) is 31.4 Å². The highest BCUT2D eigenvalue weighted by Crippen LogP contribution is 2.28. The predicted molar refractivity (Wildman–Crippen MR) is 98.6 cm³/mol. The van der Waals surface area contributed by atoms with Crippen molar-refractivity contribution in [3.05, 3.63) is 29.8 Å². The molecule has 8 nitrogen and oxygen atoms in total. The second-order valence-corrected chi connectivity index (χ2v) is 7.41. The Morgan fingerprint density at radius 2 is 1.75 bits per heavy atom. The molecule has 1 saturated carbocycles. The molecular weight excluding hydrogens is 362 g/mol. The summed E-state index contributed by atoms with van der Waals surface area (Å²) in [6.07, 6.45) is 4.46.